The Balaban J connectivity index is 2.43. The summed E-state index contributed by atoms with van der Waals surface area (Å²) in [6.07, 6.45) is 0. The third-order valence-corrected chi connectivity index (χ3v) is 2.93. The van der Waals surface area contributed by atoms with Crippen LogP contribution in [-0.2, 0) is 0 Å². The van der Waals surface area contributed by atoms with E-state index in [0.29, 0.717) is 17.7 Å². The zero-order valence-electron chi connectivity index (χ0n) is 11.4. The lowest BCUT2D eigenvalue weighted by molar-refractivity contribution is 0.0952. The first-order valence-electron chi connectivity index (χ1n) is 6.37. The molecule has 2 aromatic rings. The fourth-order valence-electron chi connectivity index (χ4n) is 1.98. The molecule has 2 aromatic carbocycles. The highest BCUT2D eigenvalue weighted by atomic mass is 19.1. The van der Waals surface area contributed by atoms with Crippen molar-refractivity contribution in [2.24, 2.45) is 0 Å². The normalized spacial score (nSPS) is 9.95. The van der Waals surface area contributed by atoms with E-state index in [9.17, 15) is 14.3 Å². The van der Waals surface area contributed by atoms with Crippen molar-refractivity contribution >= 4 is 5.91 Å². The second kappa shape index (κ2) is 6.06. The number of carbonyl (C=O) groups is 1. The number of benzene rings is 2. The molecule has 0 bridgehead atoms. The summed E-state index contributed by atoms with van der Waals surface area (Å²) in [6, 6.07) is 10.4. The number of nitriles is 1. The highest BCUT2D eigenvalue weighted by molar-refractivity contribution is 5.95. The molecule has 0 radical (unpaired) electrons. The van der Waals surface area contributed by atoms with Crippen molar-refractivity contribution in [1.29, 1.82) is 5.26 Å². The Morgan fingerprint density at radius 3 is 2.67 bits per heavy atom. The van der Waals surface area contributed by atoms with Crippen LogP contribution < -0.4 is 5.32 Å². The maximum absolute atomic E-state index is 14.0. The number of nitrogens with zero attached hydrogens (tertiary/aromatic N) is 1. The highest BCUT2D eigenvalue weighted by Crippen LogP contribution is 2.26. The molecule has 0 aromatic heterocycles. The number of amides is 1. The van der Waals surface area contributed by atoms with Crippen LogP contribution in [0.3, 0.4) is 0 Å². The van der Waals surface area contributed by atoms with Crippen molar-refractivity contribution in [2.45, 2.75) is 6.92 Å². The zero-order valence-corrected chi connectivity index (χ0v) is 11.4. The monoisotopic (exact) mass is 284 g/mol. The summed E-state index contributed by atoms with van der Waals surface area (Å²) in [5, 5.41) is 21.0. The van der Waals surface area contributed by atoms with E-state index in [1.54, 1.807) is 19.1 Å². The van der Waals surface area contributed by atoms with Gasteiger partial charge in [0.1, 0.15) is 11.6 Å². The van der Waals surface area contributed by atoms with Crippen LogP contribution in [0.4, 0.5) is 4.39 Å². The number of halogens is 1. The summed E-state index contributed by atoms with van der Waals surface area (Å²) in [4.78, 5) is 11.6. The topological polar surface area (TPSA) is 73.1 Å². The minimum atomic E-state index is -0.652. The number of rotatable bonds is 3. The van der Waals surface area contributed by atoms with E-state index in [1.165, 1.54) is 24.3 Å². The largest absolute Gasteiger partial charge is 0.508 e. The van der Waals surface area contributed by atoms with Crippen LogP contribution in [0.25, 0.3) is 11.1 Å². The van der Waals surface area contributed by atoms with E-state index in [0.717, 1.165) is 0 Å². The molecule has 21 heavy (non-hydrogen) atoms. The van der Waals surface area contributed by atoms with Crippen LogP contribution in [0.15, 0.2) is 36.4 Å². The summed E-state index contributed by atoms with van der Waals surface area (Å²) in [5.74, 6) is -1.20. The Morgan fingerprint density at radius 1 is 1.29 bits per heavy atom. The lowest BCUT2D eigenvalue weighted by Gasteiger charge is -2.07. The molecule has 5 heteroatoms. The Hall–Kier alpha value is -2.87. The van der Waals surface area contributed by atoms with Gasteiger partial charge in [0.2, 0.25) is 0 Å². The SMILES string of the molecule is CCNC(=O)c1ccc(-c2cc(O)cc(C#N)c2)cc1F. The molecule has 0 saturated heterocycles. The number of phenolic OH excluding ortho intramolecular Hbond substituents is 1. The van der Waals surface area contributed by atoms with Gasteiger partial charge < -0.3 is 10.4 Å². The summed E-state index contributed by atoms with van der Waals surface area (Å²) >= 11 is 0. The van der Waals surface area contributed by atoms with Crippen LogP contribution in [0.2, 0.25) is 0 Å². The minimum Gasteiger partial charge on any atom is -0.508 e. The fourth-order valence-corrected chi connectivity index (χ4v) is 1.98. The molecule has 0 unspecified atom stereocenters. The third kappa shape index (κ3) is 3.18. The predicted molar refractivity (Wildman–Crippen MR) is 76.2 cm³/mol. The first-order valence-corrected chi connectivity index (χ1v) is 6.37. The van der Waals surface area contributed by atoms with Crippen LogP contribution in [0.1, 0.15) is 22.8 Å². The molecule has 2 N–H and O–H groups in total. The van der Waals surface area contributed by atoms with Gasteiger partial charge in [0.15, 0.2) is 0 Å². The Bertz CT molecular complexity index is 736. The number of hydrogen-bond acceptors (Lipinski definition) is 3. The number of hydrogen-bond donors (Lipinski definition) is 2. The predicted octanol–water partition coefficient (Wildman–Crippen LogP) is 2.82. The number of aromatic hydroxyl groups is 1. The van der Waals surface area contributed by atoms with E-state index in [2.05, 4.69) is 5.32 Å². The number of carbonyl (C=O) groups excluding carboxylic acids is 1. The third-order valence-electron chi connectivity index (χ3n) is 2.93. The summed E-state index contributed by atoms with van der Waals surface area (Å²) in [6.45, 7) is 2.17. The molecule has 0 aliphatic carbocycles. The van der Waals surface area contributed by atoms with E-state index in [-0.39, 0.29) is 16.9 Å². The van der Waals surface area contributed by atoms with Gasteiger partial charge in [-0.15, -0.1) is 0 Å². The fraction of sp³-hybridized carbons (Fsp3) is 0.125. The molecular weight excluding hydrogens is 271 g/mol. The van der Waals surface area contributed by atoms with Crippen LogP contribution >= 0.6 is 0 Å². The lowest BCUT2D eigenvalue weighted by Crippen LogP contribution is -2.23. The van der Waals surface area contributed by atoms with Crippen LogP contribution in [0, 0.1) is 17.1 Å². The molecule has 0 aliphatic rings. The van der Waals surface area contributed by atoms with E-state index in [1.807, 2.05) is 6.07 Å². The smallest absolute Gasteiger partial charge is 0.254 e. The van der Waals surface area contributed by atoms with Crippen molar-refractivity contribution in [3.05, 3.63) is 53.3 Å². The molecule has 0 heterocycles. The van der Waals surface area contributed by atoms with Gasteiger partial charge in [0.25, 0.3) is 5.91 Å². The molecule has 0 atom stereocenters. The van der Waals surface area contributed by atoms with Crippen molar-refractivity contribution < 1.29 is 14.3 Å². The van der Waals surface area contributed by atoms with Gasteiger partial charge in [-0.25, -0.2) is 4.39 Å². The first kappa shape index (κ1) is 14.5. The van der Waals surface area contributed by atoms with Gasteiger partial charge in [-0.05, 0) is 48.4 Å². The Labute approximate surface area is 121 Å². The summed E-state index contributed by atoms with van der Waals surface area (Å²) in [7, 11) is 0. The number of nitrogens with one attached hydrogen (secondary N) is 1. The standard InChI is InChI=1S/C16H13FN2O2/c1-2-19-16(21)14-4-3-11(8-15(14)17)12-5-10(9-18)6-13(20)7-12/h3-8,20H,2H2,1H3,(H,19,21). The molecule has 0 spiro atoms. The van der Waals surface area contributed by atoms with Crippen LogP contribution in [-0.4, -0.2) is 17.6 Å². The van der Waals surface area contributed by atoms with Crippen molar-refractivity contribution in [1.82, 2.24) is 5.32 Å². The summed E-state index contributed by atoms with van der Waals surface area (Å²) in [5.41, 5.74) is 1.22. The van der Waals surface area contributed by atoms with Crippen molar-refractivity contribution in [3.8, 4) is 22.9 Å². The van der Waals surface area contributed by atoms with Gasteiger partial charge >= 0.3 is 0 Å². The molecule has 0 fully saturated rings. The van der Waals surface area contributed by atoms with Gasteiger partial charge in [0, 0.05) is 6.54 Å². The average molecular weight is 284 g/mol. The second-order valence-corrected chi connectivity index (χ2v) is 4.43. The van der Waals surface area contributed by atoms with Gasteiger partial charge in [-0.3, -0.25) is 4.79 Å². The Morgan fingerprint density at radius 2 is 2.05 bits per heavy atom. The summed E-state index contributed by atoms with van der Waals surface area (Å²) < 4.78 is 14.0. The average Bonchev–Trinajstić information content (AvgIpc) is 2.46. The van der Waals surface area contributed by atoms with Gasteiger partial charge in [0.05, 0.1) is 17.2 Å². The molecule has 106 valence electrons. The van der Waals surface area contributed by atoms with E-state index >= 15 is 0 Å². The first-order chi connectivity index (χ1) is 10.0. The molecule has 2 rings (SSSR count). The molecule has 4 nitrogen and oxygen atoms in total. The van der Waals surface area contributed by atoms with Gasteiger partial charge in [-0.1, -0.05) is 6.07 Å². The molecule has 1 amide bonds. The lowest BCUT2D eigenvalue weighted by atomic mass is 10.0. The zero-order chi connectivity index (χ0) is 15.4. The van der Waals surface area contributed by atoms with Crippen molar-refractivity contribution in [2.75, 3.05) is 6.54 Å². The maximum Gasteiger partial charge on any atom is 0.254 e. The molecular formula is C16H13FN2O2. The maximum atomic E-state index is 14.0. The Kier molecular flexibility index (Phi) is 4.19. The second-order valence-electron chi connectivity index (χ2n) is 4.43. The minimum absolute atomic E-state index is 0.0405. The van der Waals surface area contributed by atoms with E-state index in [4.69, 9.17) is 5.26 Å². The van der Waals surface area contributed by atoms with Gasteiger partial charge in [-0.2, -0.15) is 5.26 Å². The van der Waals surface area contributed by atoms with Crippen molar-refractivity contribution in [3.63, 3.8) is 0 Å². The van der Waals surface area contributed by atoms with Crippen LogP contribution in [0.5, 0.6) is 5.75 Å². The van der Waals surface area contributed by atoms with E-state index < -0.39 is 11.7 Å². The number of phenols is 1. The highest BCUT2D eigenvalue weighted by Gasteiger charge is 2.12. The molecule has 0 saturated carbocycles. The quantitative estimate of drug-likeness (QED) is 0.910. The molecule has 0 aliphatic heterocycles.